The number of hydrogen-bond acceptors (Lipinski definition) is 5. The highest BCUT2D eigenvalue weighted by Gasteiger charge is 2.43. The van der Waals surface area contributed by atoms with Gasteiger partial charge in [0.15, 0.2) is 0 Å². The summed E-state index contributed by atoms with van der Waals surface area (Å²) in [7, 11) is 0. The Morgan fingerprint density at radius 3 is 2.26 bits per heavy atom. The van der Waals surface area contributed by atoms with Crippen molar-refractivity contribution in [1.29, 1.82) is 0 Å². The summed E-state index contributed by atoms with van der Waals surface area (Å²) in [6, 6.07) is 19.9. The van der Waals surface area contributed by atoms with Gasteiger partial charge in [-0.15, -0.1) is 0 Å². The molecule has 8 nitrogen and oxygen atoms in total. The highest BCUT2D eigenvalue weighted by molar-refractivity contribution is 5.97. The third-order valence-corrected chi connectivity index (χ3v) is 6.61. The molecule has 0 saturated heterocycles. The number of aromatic hydroxyl groups is 1. The van der Waals surface area contributed by atoms with Crippen LogP contribution in [0.15, 0.2) is 66.7 Å². The van der Waals surface area contributed by atoms with Crippen LogP contribution in [0.3, 0.4) is 0 Å². The van der Waals surface area contributed by atoms with Gasteiger partial charge >= 0.3 is 12.1 Å². The van der Waals surface area contributed by atoms with Crippen LogP contribution in [0.1, 0.15) is 33.8 Å². The Morgan fingerprint density at radius 2 is 1.60 bits per heavy atom. The number of fused-ring (bicyclic) bond motifs is 3. The van der Waals surface area contributed by atoms with Gasteiger partial charge in [-0.1, -0.05) is 48.5 Å². The molecular weight excluding hydrogens is 448 g/mol. The van der Waals surface area contributed by atoms with Crippen LogP contribution in [0.2, 0.25) is 0 Å². The molecule has 8 heteroatoms. The number of rotatable bonds is 7. The Hall–Kier alpha value is -4.33. The molecule has 4 N–H and O–H groups in total. The van der Waals surface area contributed by atoms with Crippen molar-refractivity contribution in [3.63, 3.8) is 0 Å². The molecule has 0 bridgehead atoms. The van der Waals surface area contributed by atoms with Gasteiger partial charge < -0.3 is 25.6 Å². The third-order valence-electron chi connectivity index (χ3n) is 6.61. The lowest BCUT2D eigenvalue weighted by atomic mass is 9.98. The fourth-order valence-electron chi connectivity index (χ4n) is 4.65. The summed E-state index contributed by atoms with van der Waals surface area (Å²) in [6.07, 6.45) is 0.0410. The van der Waals surface area contributed by atoms with E-state index in [4.69, 9.17) is 9.84 Å². The second kappa shape index (κ2) is 9.13. The van der Waals surface area contributed by atoms with Gasteiger partial charge in [0.05, 0.1) is 11.3 Å². The van der Waals surface area contributed by atoms with Crippen molar-refractivity contribution < 1.29 is 29.3 Å². The number of carboxylic acids is 1. The number of amides is 2. The molecule has 0 aliphatic heterocycles. The maximum absolute atomic E-state index is 12.5. The molecule has 1 fully saturated rings. The first-order valence-electron chi connectivity index (χ1n) is 11.4. The van der Waals surface area contributed by atoms with E-state index in [2.05, 4.69) is 34.9 Å². The lowest BCUT2D eigenvalue weighted by Crippen LogP contribution is -2.29. The van der Waals surface area contributed by atoms with E-state index in [1.807, 2.05) is 24.3 Å². The highest BCUT2D eigenvalue weighted by Crippen LogP contribution is 2.44. The van der Waals surface area contributed by atoms with Crippen LogP contribution < -0.4 is 10.6 Å². The summed E-state index contributed by atoms with van der Waals surface area (Å²) >= 11 is 0. The summed E-state index contributed by atoms with van der Waals surface area (Å²) in [5, 5.41) is 24.3. The maximum Gasteiger partial charge on any atom is 0.407 e. The van der Waals surface area contributed by atoms with Crippen LogP contribution in [0.5, 0.6) is 5.75 Å². The first kappa shape index (κ1) is 22.5. The van der Waals surface area contributed by atoms with Gasteiger partial charge in [-0.3, -0.25) is 4.79 Å². The molecule has 0 heterocycles. The van der Waals surface area contributed by atoms with Crippen molar-refractivity contribution in [2.75, 3.05) is 18.5 Å². The smallest absolute Gasteiger partial charge is 0.407 e. The van der Waals surface area contributed by atoms with Gasteiger partial charge in [-0.2, -0.15) is 0 Å². The quantitative estimate of drug-likeness (QED) is 0.382. The second-order valence-corrected chi connectivity index (χ2v) is 8.84. The Labute approximate surface area is 201 Å². The zero-order chi connectivity index (χ0) is 24.5. The SMILES string of the molecule is O=C(NCC1CC1C(=O)Nc1cc(C(=O)O)ccc1O)OCC1c2ccccc2-c2ccccc21. The van der Waals surface area contributed by atoms with Crippen LogP contribution >= 0.6 is 0 Å². The van der Waals surface area contributed by atoms with Crippen molar-refractivity contribution >= 4 is 23.7 Å². The normalized spacial score (nSPS) is 17.7. The van der Waals surface area contributed by atoms with Crippen molar-refractivity contribution in [1.82, 2.24) is 5.32 Å². The number of ether oxygens (including phenoxy) is 1. The minimum Gasteiger partial charge on any atom is -0.506 e. The Morgan fingerprint density at radius 1 is 0.943 bits per heavy atom. The lowest BCUT2D eigenvalue weighted by Gasteiger charge is -2.14. The number of nitrogens with one attached hydrogen (secondary N) is 2. The highest BCUT2D eigenvalue weighted by atomic mass is 16.5. The van der Waals surface area contributed by atoms with Crippen molar-refractivity contribution in [2.24, 2.45) is 11.8 Å². The molecule has 3 aromatic rings. The van der Waals surface area contributed by atoms with Crippen LogP contribution in [0, 0.1) is 11.8 Å². The van der Waals surface area contributed by atoms with E-state index < -0.39 is 12.1 Å². The van der Waals surface area contributed by atoms with Crippen LogP contribution in [0.25, 0.3) is 11.1 Å². The number of anilines is 1. The van der Waals surface area contributed by atoms with E-state index in [9.17, 15) is 19.5 Å². The van der Waals surface area contributed by atoms with Gasteiger partial charge in [0.25, 0.3) is 0 Å². The number of aromatic carboxylic acids is 1. The molecule has 2 aliphatic carbocycles. The van der Waals surface area contributed by atoms with Crippen LogP contribution in [-0.2, 0) is 9.53 Å². The minimum absolute atomic E-state index is 0.0261. The molecule has 0 spiro atoms. The fourth-order valence-corrected chi connectivity index (χ4v) is 4.65. The number of phenols is 1. The zero-order valence-corrected chi connectivity index (χ0v) is 18.7. The number of carbonyl (C=O) groups is 3. The lowest BCUT2D eigenvalue weighted by molar-refractivity contribution is -0.117. The summed E-state index contributed by atoms with van der Waals surface area (Å²) in [6.45, 7) is 0.504. The van der Waals surface area contributed by atoms with Crippen molar-refractivity contribution in [3.05, 3.63) is 83.4 Å². The molecule has 5 rings (SSSR count). The van der Waals surface area contributed by atoms with Crippen LogP contribution in [0.4, 0.5) is 10.5 Å². The predicted molar refractivity (Wildman–Crippen MR) is 128 cm³/mol. The molecule has 1 saturated carbocycles. The molecule has 35 heavy (non-hydrogen) atoms. The molecule has 3 aromatic carbocycles. The monoisotopic (exact) mass is 472 g/mol. The first-order chi connectivity index (χ1) is 16.9. The topological polar surface area (TPSA) is 125 Å². The fraction of sp³-hybridized carbons (Fsp3) is 0.222. The zero-order valence-electron chi connectivity index (χ0n) is 18.7. The maximum atomic E-state index is 12.5. The first-order valence-corrected chi connectivity index (χ1v) is 11.4. The van der Waals surface area contributed by atoms with Crippen molar-refractivity contribution in [3.8, 4) is 16.9 Å². The minimum atomic E-state index is -1.16. The van der Waals surface area contributed by atoms with Crippen LogP contribution in [-0.4, -0.2) is 41.3 Å². The van der Waals surface area contributed by atoms with E-state index >= 15 is 0 Å². The largest absolute Gasteiger partial charge is 0.506 e. The van der Waals surface area contributed by atoms with E-state index in [1.165, 1.54) is 18.2 Å². The number of phenolic OH excluding ortho intramolecular Hbond substituents is 1. The van der Waals surface area contributed by atoms with Gasteiger partial charge in [0.1, 0.15) is 12.4 Å². The standard InChI is InChI=1S/C27H24N2O6/c30-24-10-9-15(26(32)33)12-23(24)29-25(31)21-11-16(21)13-28-27(34)35-14-22-19-7-3-1-5-17(19)18-6-2-4-8-20(18)22/h1-10,12,16,21-22,30H,11,13-14H2,(H,28,34)(H,29,31)(H,32,33). The average Bonchev–Trinajstić information content (AvgIpc) is 3.58. The van der Waals surface area contributed by atoms with Gasteiger partial charge in [0.2, 0.25) is 5.91 Å². The van der Waals surface area contributed by atoms with Gasteiger partial charge in [0, 0.05) is 18.4 Å². The second-order valence-electron chi connectivity index (χ2n) is 8.84. The van der Waals surface area contributed by atoms with E-state index in [-0.39, 0.29) is 53.8 Å². The summed E-state index contributed by atoms with van der Waals surface area (Å²) < 4.78 is 5.52. The molecule has 2 unspecified atom stereocenters. The number of benzene rings is 3. The van der Waals surface area contributed by atoms with E-state index in [0.29, 0.717) is 6.42 Å². The van der Waals surface area contributed by atoms with Gasteiger partial charge in [-0.25, -0.2) is 9.59 Å². The Bertz CT molecular complexity index is 1280. The predicted octanol–water partition coefficient (Wildman–Crippen LogP) is 4.20. The Kier molecular flexibility index (Phi) is 5.86. The Balaban J connectivity index is 1.11. The molecular formula is C27H24N2O6. The van der Waals surface area contributed by atoms with E-state index in [0.717, 1.165) is 22.3 Å². The molecule has 0 radical (unpaired) electrons. The summed E-state index contributed by atoms with van der Waals surface area (Å²) in [5.41, 5.74) is 4.59. The number of carbonyl (C=O) groups excluding carboxylic acids is 2. The third kappa shape index (κ3) is 4.55. The summed E-state index contributed by atoms with van der Waals surface area (Å²) in [4.78, 5) is 35.9. The molecule has 2 atom stereocenters. The molecule has 2 aliphatic rings. The number of carboxylic acid groups (broad SMARTS) is 1. The van der Waals surface area contributed by atoms with Gasteiger partial charge in [-0.05, 0) is 52.8 Å². The number of hydrogen-bond donors (Lipinski definition) is 4. The average molecular weight is 472 g/mol. The number of alkyl carbamates (subject to hydrolysis) is 1. The molecule has 0 aromatic heterocycles. The van der Waals surface area contributed by atoms with Crippen molar-refractivity contribution in [2.45, 2.75) is 12.3 Å². The molecule has 178 valence electrons. The molecule has 2 amide bonds. The summed E-state index contributed by atoms with van der Waals surface area (Å²) in [5.74, 6) is -2.12. The van der Waals surface area contributed by atoms with E-state index in [1.54, 1.807) is 0 Å².